The Morgan fingerprint density at radius 1 is 1.04 bits per heavy atom. The molecule has 0 aliphatic carbocycles. The molecular formula is C22H23N3O3. The molecule has 0 fully saturated rings. The van der Waals surface area contributed by atoms with Crippen molar-refractivity contribution in [1.82, 2.24) is 14.8 Å². The molecule has 6 heteroatoms. The lowest BCUT2D eigenvalue weighted by molar-refractivity contribution is -0.143. The summed E-state index contributed by atoms with van der Waals surface area (Å²) >= 11 is 0. The van der Waals surface area contributed by atoms with Crippen LogP contribution < -0.4 is 0 Å². The molecule has 2 aromatic carbocycles. The second kappa shape index (κ2) is 8.19. The van der Waals surface area contributed by atoms with E-state index in [1.165, 1.54) is 4.90 Å². The Balaban J connectivity index is 1.87. The molecule has 0 radical (unpaired) electrons. The van der Waals surface area contributed by atoms with E-state index in [-0.39, 0.29) is 5.91 Å². The summed E-state index contributed by atoms with van der Waals surface area (Å²) in [5.41, 5.74) is 2.20. The Morgan fingerprint density at radius 3 is 2.39 bits per heavy atom. The van der Waals surface area contributed by atoms with Crippen LogP contribution in [0, 0.1) is 0 Å². The van der Waals surface area contributed by atoms with Gasteiger partial charge in [0, 0.05) is 44.0 Å². The van der Waals surface area contributed by atoms with Crippen molar-refractivity contribution in [3.05, 3.63) is 77.6 Å². The summed E-state index contributed by atoms with van der Waals surface area (Å²) < 4.78 is 0. The van der Waals surface area contributed by atoms with Gasteiger partial charge in [-0.3, -0.25) is 19.5 Å². The van der Waals surface area contributed by atoms with E-state index in [0.29, 0.717) is 17.7 Å². The van der Waals surface area contributed by atoms with E-state index >= 15 is 0 Å². The van der Waals surface area contributed by atoms with Gasteiger partial charge in [0.2, 0.25) is 0 Å². The van der Waals surface area contributed by atoms with Crippen LogP contribution in [0.4, 0.5) is 0 Å². The molecule has 0 saturated carbocycles. The van der Waals surface area contributed by atoms with Gasteiger partial charge in [-0.25, -0.2) is 0 Å². The highest BCUT2D eigenvalue weighted by Crippen LogP contribution is 2.25. The van der Waals surface area contributed by atoms with Crippen molar-refractivity contribution in [2.45, 2.75) is 12.6 Å². The smallest absolute Gasteiger partial charge is 0.325 e. The number of aliphatic carboxylic acids is 1. The Morgan fingerprint density at radius 2 is 1.75 bits per heavy atom. The van der Waals surface area contributed by atoms with Crippen LogP contribution in [0.1, 0.15) is 27.5 Å². The number of rotatable bonds is 6. The summed E-state index contributed by atoms with van der Waals surface area (Å²) in [7, 11) is 5.16. The Bertz CT molecular complexity index is 994. The number of fused-ring (bicyclic) bond motifs is 1. The molecule has 0 spiro atoms. The lowest BCUT2D eigenvalue weighted by Crippen LogP contribution is -2.30. The summed E-state index contributed by atoms with van der Waals surface area (Å²) in [4.78, 5) is 31.5. The maximum Gasteiger partial charge on any atom is 0.325 e. The average Bonchev–Trinajstić information content (AvgIpc) is 2.68. The first-order chi connectivity index (χ1) is 13.4. The van der Waals surface area contributed by atoms with Crippen molar-refractivity contribution in [2.75, 3.05) is 21.1 Å². The highest BCUT2D eigenvalue weighted by atomic mass is 16.4. The molecule has 1 aromatic heterocycles. The number of carboxylic acid groups (broad SMARTS) is 1. The van der Waals surface area contributed by atoms with Crippen molar-refractivity contribution < 1.29 is 14.7 Å². The molecule has 0 unspecified atom stereocenters. The van der Waals surface area contributed by atoms with Gasteiger partial charge in [0.25, 0.3) is 5.91 Å². The van der Waals surface area contributed by atoms with E-state index in [9.17, 15) is 14.7 Å². The standard InChI is InChI=1S/C22H23N3O3/c1-24(2)21(26)16-9-7-15(8-10-16)20(22(27)28)25(3)14-18-6-4-5-17-13-23-12-11-19(17)18/h4-13,20H,14H2,1-3H3,(H,27,28)/t20-/m0/s1. The van der Waals surface area contributed by atoms with E-state index in [0.717, 1.165) is 16.3 Å². The number of pyridine rings is 1. The molecule has 0 bridgehead atoms. The topological polar surface area (TPSA) is 73.7 Å². The largest absolute Gasteiger partial charge is 0.480 e. The third kappa shape index (κ3) is 4.02. The van der Waals surface area contributed by atoms with Crippen LogP contribution in [0.25, 0.3) is 10.8 Å². The summed E-state index contributed by atoms with van der Waals surface area (Å²) in [6.45, 7) is 0.469. The van der Waals surface area contributed by atoms with Crippen molar-refractivity contribution in [3.8, 4) is 0 Å². The van der Waals surface area contributed by atoms with Crippen LogP contribution in [-0.2, 0) is 11.3 Å². The van der Waals surface area contributed by atoms with Crippen LogP contribution in [0.15, 0.2) is 60.9 Å². The molecule has 1 N–H and O–H groups in total. The number of hydrogen-bond acceptors (Lipinski definition) is 4. The number of aromatic nitrogens is 1. The first-order valence-corrected chi connectivity index (χ1v) is 8.94. The predicted octanol–water partition coefficient (Wildman–Crippen LogP) is 3.19. The normalized spacial score (nSPS) is 12.1. The fourth-order valence-electron chi connectivity index (χ4n) is 3.34. The van der Waals surface area contributed by atoms with Gasteiger partial charge in [-0.15, -0.1) is 0 Å². The van der Waals surface area contributed by atoms with Gasteiger partial charge in [0.1, 0.15) is 6.04 Å². The molecule has 0 saturated heterocycles. The lowest BCUT2D eigenvalue weighted by atomic mass is 10.0. The Hall–Kier alpha value is -3.25. The number of carboxylic acids is 1. The molecule has 1 atom stereocenters. The third-order valence-electron chi connectivity index (χ3n) is 4.75. The zero-order valence-corrected chi connectivity index (χ0v) is 16.2. The van der Waals surface area contributed by atoms with Crippen LogP contribution in [0.5, 0.6) is 0 Å². The number of nitrogens with zero attached hydrogens (tertiary/aromatic N) is 3. The molecule has 0 aliphatic heterocycles. The molecular weight excluding hydrogens is 354 g/mol. The zero-order valence-electron chi connectivity index (χ0n) is 16.2. The van der Waals surface area contributed by atoms with Gasteiger partial charge in [0.05, 0.1) is 0 Å². The maximum absolute atomic E-state index is 12.1. The second-order valence-electron chi connectivity index (χ2n) is 6.99. The molecule has 1 amide bonds. The molecule has 3 rings (SSSR count). The summed E-state index contributed by atoms with van der Waals surface area (Å²) in [5.74, 6) is -1.05. The highest BCUT2D eigenvalue weighted by Gasteiger charge is 2.25. The number of benzene rings is 2. The van der Waals surface area contributed by atoms with Crippen LogP contribution in [-0.4, -0.2) is 52.9 Å². The minimum Gasteiger partial charge on any atom is -0.480 e. The van der Waals surface area contributed by atoms with E-state index in [1.807, 2.05) is 24.3 Å². The fourth-order valence-corrected chi connectivity index (χ4v) is 3.34. The molecule has 3 aromatic rings. The lowest BCUT2D eigenvalue weighted by Gasteiger charge is -2.26. The number of hydrogen-bond donors (Lipinski definition) is 1. The highest BCUT2D eigenvalue weighted by molar-refractivity contribution is 5.94. The van der Waals surface area contributed by atoms with Gasteiger partial charge in [-0.05, 0) is 41.8 Å². The van der Waals surface area contributed by atoms with Crippen LogP contribution in [0.2, 0.25) is 0 Å². The van der Waals surface area contributed by atoms with E-state index in [4.69, 9.17) is 0 Å². The van der Waals surface area contributed by atoms with E-state index in [2.05, 4.69) is 4.98 Å². The second-order valence-corrected chi connectivity index (χ2v) is 6.99. The summed E-state index contributed by atoms with van der Waals surface area (Å²) in [6.07, 6.45) is 3.54. The Kier molecular flexibility index (Phi) is 5.70. The molecule has 28 heavy (non-hydrogen) atoms. The van der Waals surface area contributed by atoms with Crippen molar-refractivity contribution in [1.29, 1.82) is 0 Å². The van der Waals surface area contributed by atoms with Gasteiger partial charge >= 0.3 is 5.97 Å². The molecule has 6 nitrogen and oxygen atoms in total. The van der Waals surface area contributed by atoms with Gasteiger partial charge in [-0.1, -0.05) is 30.3 Å². The van der Waals surface area contributed by atoms with Gasteiger partial charge in [-0.2, -0.15) is 0 Å². The predicted molar refractivity (Wildman–Crippen MR) is 108 cm³/mol. The first kappa shape index (κ1) is 19.5. The van der Waals surface area contributed by atoms with Crippen molar-refractivity contribution in [3.63, 3.8) is 0 Å². The van der Waals surface area contributed by atoms with Crippen LogP contribution >= 0.6 is 0 Å². The van der Waals surface area contributed by atoms with Gasteiger partial charge in [0.15, 0.2) is 0 Å². The average molecular weight is 377 g/mol. The zero-order chi connectivity index (χ0) is 20.3. The number of amides is 1. The van der Waals surface area contributed by atoms with Crippen LogP contribution in [0.3, 0.4) is 0 Å². The summed E-state index contributed by atoms with van der Waals surface area (Å²) in [6, 6.07) is 13.8. The van der Waals surface area contributed by atoms with Gasteiger partial charge < -0.3 is 10.0 Å². The Labute approximate surface area is 164 Å². The van der Waals surface area contributed by atoms with E-state index in [1.54, 1.807) is 62.7 Å². The quantitative estimate of drug-likeness (QED) is 0.714. The monoisotopic (exact) mass is 377 g/mol. The number of carbonyl (C=O) groups is 2. The molecule has 0 aliphatic rings. The first-order valence-electron chi connectivity index (χ1n) is 8.94. The minimum absolute atomic E-state index is 0.115. The number of carbonyl (C=O) groups excluding carboxylic acids is 1. The fraction of sp³-hybridized carbons (Fsp3) is 0.227. The maximum atomic E-state index is 12.1. The molecule has 1 heterocycles. The van der Waals surface area contributed by atoms with Crippen molar-refractivity contribution in [2.24, 2.45) is 0 Å². The minimum atomic E-state index is -0.934. The summed E-state index contributed by atoms with van der Waals surface area (Å²) in [5, 5.41) is 11.9. The number of likely N-dealkylation sites (N-methyl/N-ethyl adjacent to an activating group) is 1. The SMILES string of the molecule is CN(C)C(=O)c1ccc([C@@H](C(=O)O)N(C)Cc2cccc3cnccc23)cc1. The third-order valence-corrected chi connectivity index (χ3v) is 4.75. The molecule has 144 valence electrons. The van der Waals surface area contributed by atoms with E-state index < -0.39 is 12.0 Å². The van der Waals surface area contributed by atoms with Crippen molar-refractivity contribution >= 4 is 22.6 Å².